The highest BCUT2D eigenvalue weighted by Gasteiger charge is 2.29. The molecule has 162 valence electrons. The van der Waals surface area contributed by atoms with Crippen LogP contribution in [-0.2, 0) is 14.8 Å². The van der Waals surface area contributed by atoms with E-state index < -0.39 is 22.5 Å². The molecule has 0 bridgehead atoms. The van der Waals surface area contributed by atoms with Crippen LogP contribution in [0.2, 0.25) is 10.0 Å². The highest BCUT2D eigenvalue weighted by atomic mass is 35.5. The standard InChI is InChI=1S/C19H16Cl2N4O3S3/c1-2-10-29-19-24-23-18(30-19)22-17(26)12-25(16-11-13(20)8-9-15(16)21)31(27,28)14-6-4-3-5-7-14/h2-9,11H,1,10,12H2,(H,22,23,26). The zero-order valence-corrected chi connectivity index (χ0v) is 19.8. The first-order valence-corrected chi connectivity index (χ1v) is 12.7. The molecule has 3 rings (SSSR count). The molecule has 0 saturated heterocycles. The van der Waals surface area contributed by atoms with Crippen LogP contribution in [0.4, 0.5) is 10.8 Å². The Kier molecular flexibility index (Phi) is 7.95. The van der Waals surface area contributed by atoms with Crippen molar-refractivity contribution in [3.63, 3.8) is 0 Å². The van der Waals surface area contributed by atoms with Crippen molar-refractivity contribution in [2.45, 2.75) is 9.24 Å². The highest BCUT2D eigenvalue weighted by Crippen LogP contribution is 2.33. The number of thioether (sulfide) groups is 1. The molecule has 31 heavy (non-hydrogen) atoms. The lowest BCUT2D eigenvalue weighted by Crippen LogP contribution is -2.38. The SMILES string of the molecule is C=CCSc1nnc(NC(=O)CN(c2cc(Cl)ccc2Cl)S(=O)(=O)c2ccccc2)s1. The molecule has 2 aromatic carbocycles. The number of rotatable bonds is 9. The number of nitrogens with one attached hydrogen (secondary N) is 1. The Morgan fingerprint density at radius 1 is 1.19 bits per heavy atom. The van der Waals surface area contributed by atoms with Crippen LogP contribution in [0.1, 0.15) is 0 Å². The Balaban J connectivity index is 1.90. The summed E-state index contributed by atoms with van der Waals surface area (Å²) >= 11 is 14.9. The van der Waals surface area contributed by atoms with E-state index in [0.29, 0.717) is 10.1 Å². The number of halogens is 2. The van der Waals surface area contributed by atoms with Crippen LogP contribution in [0.15, 0.2) is 70.4 Å². The summed E-state index contributed by atoms with van der Waals surface area (Å²) in [7, 11) is -4.11. The van der Waals surface area contributed by atoms with Gasteiger partial charge in [0.2, 0.25) is 11.0 Å². The van der Waals surface area contributed by atoms with Crippen LogP contribution in [0.25, 0.3) is 0 Å². The van der Waals surface area contributed by atoms with Crippen LogP contribution in [0.3, 0.4) is 0 Å². The van der Waals surface area contributed by atoms with Gasteiger partial charge in [0.1, 0.15) is 6.54 Å². The van der Waals surface area contributed by atoms with E-state index in [1.165, 1.54) is 53.4 Å². The Morgan fingerprint density at radius 3 is 2.65 bits per heavy atom. The molecule has 1 amide bonds. The van der Waals surface area contributed by atoms with Crippen molar-refractivity contribution in [2.24, 2.45) is 0 Å². The summed E-state index contributed by atoms with van der Waals surface area (Å²) in [5, 5.41) is 11.1. The minimum absolute atomic E-state index is 0.0119. The molecule has 0 spiro atoms. The van der Waals surface area contributed by atoms with E-state index in [-0.39, 0.29) is 25.8 Å². The van der Waals surface area contributed by atoms with E-state index in [4.69, 9.17) is 23.2 Å². The summed E-state index contributed by atoms with van der Waals surface area (Å²) < 4.78 is 28.2. The molecule has 0 saturated carbocycles. The van der Waals surface area contributed by atoms with Crippen LogP contribution >= 0.6 is 46.3 Å². The van der Waals surface area contributed by atoms with Crippen LogP contribution in [0, 0.1) is 0 Å². The van der Waals surface area contributed by atoms with Crippen molar-refractivity contribution >= 4 is 73.0 Å². The van der Waals surface area contributed by atoms with Gasteiger partial charge >= 0.3 is 0 Å². The van der Waals surface area contributed by atoms with E-state index in [2.05, 4.69) is 22.1 Å². The molecular weight excluding hydrogens is 499 g/mol. The maximum Gasteiger partial charge on any atom is 0.264 e. The Hall–Kier alpha value is -2.11. The van der Waals surface area contributed by atoms with Gasteiger partial charge in [0.25, 0.3) is 10.0 Å². The minimum atomic E-state index is -4.11. The predicted octanol–water partition coefficient (Wildman–Crippen LogP) is 4.96. The maximum absolute atomic E-state index is 13.3. The lowest BCUT2D eigenvalue weighted by atomic mass is 10.3. The zero-order chi connectivity index (χ0) is 22.4. The molecule has 0 aliphatic rings. The van der Waals surface area contributed by atoms with Gasteiger partial charge in [0, 0.05) is 10.8 Å². The molecule has 0 radical (unpaired) electrons. The van der Waals surface area contributed by atoms with E-state index in [0.717, 1.165) is 4.31 Å². The van der Waals surface area contributed by atoms with Crippen LogP contribution in [0.5, 0.6) is 0 Å². The van der Waals surface area contributed by atoms with Gasteiger partial charge in [-0.15, -0.1) is 16.8 Å². The van der Waals surface area contributed by atoms with Gasteiger partial charge in [-0.25, -0.2) is 8.42 Å². The second-order valence-electron chi connectivity index (χ2n) is 5.94. The smallest absolute Gasteiger partial charge is 0.264 e. The number of nitrogens with zero attached hydrogens (tertiary/aromatic N) is 3. The molecular formula is C19H16Cl2N4O3S3. The summed E-state index contributed by atoms with van der Waals surface area (Å²) in [5.74, 6) is 0.0471. The van der Waals surface area contributed by atoms with E-state index in [1.54, 1.807) is 24.3 Å². The number of carbonyl (C=O) groups is 1. The first-order chi connectivity index (χ1) is 14.8. The summed E-state index contributed by atoms with van der Waals surface area (Å²) in [6, 6.07) is 12.2. The largest absolute Gasteiger partial charge is 0.299 e. The van der Waals surface area contributed by atoms with Gasteiger partial charge in [-0.2, -0.15) is 0 Å². The second-order valence-corrected chi connectivity index (χ2v) is 10.9. The lowest BCUT2D eigenvalue weighted by Gasteiger charge is -2.25. The van der Waals surface area contributed by atoms with Gasteiger partial charge < -0.3 is 0 Å². The van der Waals surface area contributed by atoms with Crippen molar-refractivity contribution in [2.75, 3.05) is 21.9 Å². The first-order valence-electron chi connectivity index (χ1n) is 8.71. The fourth-order valence-corrected chi connectivity index (χ4v) is 5.85. The maximum atomic E-state index is 13.3. The van der Waals surface area contributed by atoms with Crippen molar-refractivity contribution in [3.8, 4) is 0 Å². The van der Waals surface area contributed by atoms with E-state index in [9.17, 15) is 13.2 Å². The van der Waals surface area contributed by atoms with Gasteiger partial charge in [0.15, 0.2) is 4.34 Å². The van der Waals surface area contributed by atoms with Gasteiger partial charge in [0.05, 0.1) is 15.6 Å². The number of amides is 1. The molecule has 0 atom stereocenters. The first kappa shape index (κ1) is 23.6. The van der Waals surface area contributed by atoms with E-state index >= 15 is 0 Å². The molecule has 3 aromatic rings. The third-order valence-electron chi connectivity index (χ3n) is 3.77. The normalized spacial score (nSPS) is 11.2. The van der Waals surface area contributed by atoms with Crippen molar-refractivity contribution in [1.82, 2.24) is 10.2 Å². The fraction of sp³-hybridized carbons (Fsp3) is 0.105. The van der Waals surface area contributed by atoms with Crippen molar-refractivity contribution in [3.05, 3.63) is 71.2 Å². The number of carbonyl (C=O) groups excluding carboxylic acids is 1. The molecule has 0 aliphatic heterocycles. The third-order valence-corrected chi connectivity index (χ3v) is 8.07. The molecule has 1 heterocycles. The number of hydrogen-bond acceptors (Lipinski definition) is 7. The average molecular weight is 515 g/mol. The molecule has 0 fully saturated rings. The number of aromatic nitrogens is 2. The molecule has 1 N–H and O–H groups in total. The lowest BCUT2D eigenvalue weighted by molar-refractivity contribution is -0.114. The molecule has 7 nitrogen and oxygen atoms in total. The summed E-state index contributed by atoms with van der Waals surface area (Å²) in [6.45, 7) is 3.10. The monoisotopic (exact) mass is 514 g/mol. The number of hydrogen-bond donors (Lipinski definition) is 1. The van der Waals surface area contributed by atoms with E-state index in [1.807, 2.05) is 0 Å². The van der Waals surface area contributed by atoms with Crippen molar-refractivity contribution in [1.29, 1.82) is 0 Å². The van der Waals surface area contributed by atoms with Crippen LogP contribution < -0.4 is 9.62 Å². The molecule has 0 unspecified atom stereocenters. The second kappa shape index (κ2) is 10.5. The molecule has 12 heteroatoms. The number of anilines is 2. The molecule has 1 aromatic heterocycles. The van der Waals surface area contributed by atoms with Gasteiger partial charge in [-0.3, -0.25) is 14.4 Å². The van der Waals surface area contributed by atoms with Gasteiger partial charge in [-0.1, -0.05) is 70.6 Å². The highest BCUT2D eigenvalue weighted by molar-refractivity contribution is 8.01. The minimum Gasteiger partial charge on any atom is -0.299 e. The number of benzene rings is 2. The average Bonchev–Trinajstić information content (AvgIpc) is 3.20. The summed E-state index contributed by atoms with van der Waals surface area (Å²) in [6.07, 6.45) is 1.73. The Bertz CT molecular complexity index is 1190. The quantitative estimate of drug-likeness (QED) is 0.246. The zero-order valence-electron chi connectivity index (χ0n) is 15.9. The predicted molar refractivity (Wildman–Crippen MR) is 127 cm³/mol. The number of sulfonamides is 1. The third kappa shape index (κ3) is 5.98. The topological polar surface area (TPSA) is 92.3 Å². The van der Waals surface area contributed by atoms with Crippen LogP contribution in [-0.4, -0.2) is 36.8 Å². The Labute approximate surface area is 198 Å². The fourth-order valence-electron chi connectivity index (χ4n) is 2.43. The van der Waals surface area contributed by atoms with Gasteiger partial charge in [-0.05, 0) is 30.3 Å². The van der Waals surface area contributed by atoms with Crippen molar-refractivity contribution < 1.29 is 13.2 Å². The molecule has 0 aliphatic carbocycles. The Morgan fingerprint density at radius 2 is 1.94 bits per heavy atom. The summed E-state index contributed by atoms with van der Waals surface area (Å²) in [4.78, 5) is 12.7. The summed E-state index contributed by atoms with van der Waals surface area (Å²) in [5.41, 5.74) is 0.0904.